The van der Waals surface area contributed by atoms with Gasteiger partial charge in [-0.2, -0.15) is 0 Å². The highest BCUT2D eigenvalue weighted by atomic mass is 16.4. The monoisotopic (exact) mass is 300 g/mol. The number of hydrogen-bond acceptors (Lipinski definition) is 4. The normalized spacial score (nSPS) is 17.7. The van der Waals surface area contributed by atoms with Gasteiger partial charge in [0, 0.05) is 13.1 Å². The van der Waals surface area contributed by atoms with Gasteiger partial charge in [-0.15, -0.1) is 5.10 Å². The molecule has 1 aromatic carbocycles. The Morgan fingerprint density at radius 2 is 2.00 bits per heavy atom. The van der Waals surface area contributed by atoms with E-state index >= 15 is 0 Å². The lowest BCUT2D eigenvalue weighted by Crippen LogP contribution is -2.30. The molecule has 1 saturated heterocycles. The molecule has 3 rings (SSSR count). The Kier molecular flexibility index (Phi) is 3.62. The summed E-state index contributed by atoms with van der Waals surface area (Å²) in [5.41, 5.74) is 2.19. The number of rotatable bonds is 3. The highest BCUT2D eigenvalue weighted by Crippen LogP contribution is 2.18. The number of likely N-dealkylation sites (tertiary alicyclic amines) is 1. The number of hydrogen-bond donors (Lipinski definition) is 1. The standard InChI is InChI=1S/C15H16N4O3/c1-10-2-4-12(5-3-10)19-9-13(16-17-19)14(20)18-7-6-11(8-18)15(21)22/h2-5,9,11H,6-8H2,1H3,(H,21,22)/t11-/m1/s1. The van der Waals surface area contributed by atoms with E-state index in [-0.39, 0.29) is 18.1 Å². The van der Waals surface area contributed by atoms with E-state index in [2.05, 4.69) is 10.3 Å². The van der Waals surface area contributed by atoms with Gasteiger partial charge in [-0.1, -0.05) is 22.9 Å². The van der Waals surface area contributed by atoms with Crippen LogP contribution in [-0.2, 0) is 4.79 Å². The SMILES string of the molecule is Cc1ccc(-n2cc(C(=O)N3CC[C@@H](C(=O)O)C3)nn2)cc1. The molecule has 0 saturated carbocycles. The quantitative estimate of drug-likeness (QED) is 0.917. The van der Waals surface area contributed by atoms with Gasteiger partial charge in [-0.05, 0) is 25.5 Å². The predicted molar refractivity (Wildman–Crippen MR) is 77.7 cm³/mol. The topological polar surface area (TPSA) is 88.3 Å². The van der Waals surface area contributed by atoms with Gasteiger partial charge in [0.1, 0.15) is 0 Å². The maximum atomic E-state index is 12.3. The molecule has 1 aromatic heterocycles. The van der Waals surface area contributed by atoms with Crippen molar-refractivity contribution in [2.75, 3.05) is 13.1 Å². The number of carboxylic acids is 1. The van der Waals surface area contributed by atoms with E-state index in [1.54, 1.807) is 6.20 Å². The molecule has 2 aromatic rings. The number of aryl methyl sites for hydroxylation is 1. The summed E-state index contributed by atoms with van der Waals surface area (Å²) in [7, 11) is 0. The van der Waals surface area contributed by atoms with Crippen molar-refractivity contribution in [2.45, 2.75) is 13.3 Å². The average molecular weight is 300 g/mol. The number of carboxylic acid groups (broad SMARTS) is 1. The molecule has 7 nitrogen and oxygen atoms in total. The molecular formula is C15H16N4O3. The number of carbonyl (C=O) groups excluding carboxylic acids is 1. The zero-order chi connectivity index (χ0) is 15.7. The summed E-state index contributed by atoms with van der Waals surface area (Å²) in [6.45, 7) is 2.66. The van der Waals surface area contributed by atoms with E-state index in [4.69, 9.17) is 5.11 Å². The second kappa shape index (κ2) is 5.59. The Hall–Kier alpha value is -2.70. The van der Waals surface area contributed by atoms with Crippen molar-refractivity contribution >= 4 is 11.9 Å². The van der Waals surface area contributed by atoms with Gasteiger partial charge >= 0.3 is 5.97 Å². The molecule has 1 amide bonds. The van der Waals surface area contributed by atoms with Crippen LogP contribution < -0.4 is 0 Å². The van der Waals surface area contributed by atoms with Gasteiger partial charge in [0.05, 0.1) is 17.8 Å². The summed E-state index contributed by atoms with van der Waals surface area (Å²) in [5.74, 6) is -1.63. The van der Waals surface area contributed by atoms with Crippen molar-refractivity contribution in [1.82, 2.24) is 19.9 Å². The van der Waals surface area contributed by atoms with Crippen LogP contribution in [0, 0.1) is 12.8 Å². The first-order valence-corrected chi connectivity index (χ1v) is 7.06. The van der Waals surface area contributed by atoms with E-state index < -0.39 is 11.9 Å². The highest BCUT2D eigenvalue weighted by molar-refractivity contribution is 5.92. The molecule has 1 fully saturated rings. The second-order valence-corrected chi connectivity index (χ2v) is 5.46. The Morgan fingerprint density at radius 3 is 2.64 bits per heavy atom. The smallest absolute Gasteiger partial charge is 0.308 e. The van der Waals surface area contributed by atoms with Crippen LogP contribution in [0.25, 0.3) is 5.69 Å². The lowest BCUT2D eigenvalue weighted by atomic mass is 10.1. The summed E-state index contributed by atoms with van der Waals surface area (Å²) in [5, 5.41) is 16.9. The third kappa shape index (κ3) is 2.69. The van der Waals surface area contributed by atoms with E-state index in [0.717, 1.165) is 11.3 Å². The molecule has 0 aliphatic carbocycles. The molecule has 1 N–H and O–H groups in total. The fourth-order valence-electron chi connectivity index (χ4n) is 2.49. The molecule has 114 valence electrons. The van der Waals surface area contributed by atoms with Crippen molar-refractivity contribution in [3.63, 3.8) is 0 Å². The molecule has 0 bridgehead atoms. The third-order valence-electron chi connectivity index (χ3n) is 3.84. The minimum atomic E-state index is -0.862. The van der Waals surface area contributed by atoms with Crippen LogP contribution in [0.1, 0.15) is 22.5 Å². The number of aliphatic carboxylic acids is 1. The van der Waals surface area contributed by atoms with Crippen LogP contribution in [-0.4, -0.2) is 50.0 Å². The largest absolute Gasteiger partial charge is 0.481 e. The van der Waals surface area contributed by atoms with E-state index in [9.17, 15) is 9.59 Å². The highest BCUT2D eigenvalue weighted by Gasteiger charge is 2.32. The number of carbonyl (C=O) groups is 2. The van der Waals surface area contributed by atoms with Crippen molar-refractivity contribution in [3.05, 3.63) is 41.7 Å². The number of aromatic nitrogens is 3. The minimum Gasteiger partial charge on any atom is -0.481 e. The first kappa shape index (κ1) is 14.2. The number of amides is 1. The zero-order valence-electron chi connectivity index (χ0n) is 12.1. The maximum Gasteiger partial charge on any atom is 0.308 e. The van der Waals surface area contributed by atoms with Crippen LogP contribution in [0.4, 0.5) is 0 Å². The summed E-state index contributed by atoms with van der Waals surface area (Å²) in [6, 6.07) is 7.70. The number of benzene rings is 1. The summed E-state index contributed by atoms with van der Waals surface area (Å²) in [4.78, 5) is 24.8. The molecule has 1 atom stereocenters. The van der Waals surface area contributed by atoms with Crippen molar-refractivity contribution in [3.8, 4) is 5.69 Å². The fraction of sp³-hybridized carbons (Fsp3) is 0.333. The van der Waals surface area contributed by atoms with Gasteiger partial charge < -0.3 is 10.0 Å². The van der Waals surface area contributed by atoms with E-state index in [1.807, 2.05) is 31.2 Å². The summed E-state index contributed by atoms with van der Waals surface area (Å²) in [6.07, 6.45) is 2.05. The molecule has 0 unspecified atom stereocenters. The van der Waals surface area contributed by atoms with Crippen molar-refractivity contribution in [2.24, 2.45) is 5.92 Å². The van der Waals surface area contributed by atoms with Gasteiger partial charge in [-0.25, -0.2) is 4.68 Å². The minimum absolute atomic E-state index is 0.228. The first-order chi connectivity index (χ1) is 10.5. The molecule has 7 heteroatoms. The van der Waals surface area contributed by atoms with Gasteiger partial charge in [0.25, 0.3) is 5.91 Å². The lowest BCUT2D eigenvalue weighted by molar-refractivity contribution is -0.141. The van der Waals surface area contributed by atoms with Crippen LogP contribution >= 0.6 is 0 Å². The molecule has 1 aliphatic rings. The molecule has 1 aliphatic heterocycles. The fourth-order valence-corrected chi connectivity index (χ4v) is 2.49. The van der Waals surface area contributed by atoms with Gasteiger partial charge in [-0.3, -0.25) is 9.59 Å². The average Bonchev–Trinajstić information content (AvgIpc) is 3.17. The lowest BCUT2D eigenvalue weighted by Gasteiger charge is -2.13. The first-order valence-electron chi connectivity index (χ1n) is 7.06. The maximum absolute atomic E-state index is 12.3. The summed E-state index contributed by atoms with van der Waals surface area (Å²) < 4.78 is 1.54. The van der Waals surface area contributed by atoms with E-state index in [0.29, 0.717) is 13.0 Å². The third-order valence-corrected chi connectivity index (χ3v) is 3.84. The Balaban J connectivity index is 1.75. The summed E-state index contributed by atoms with van der Waals surface area (Å²) >= 11 is 0. The van der Waals surface area contributed by atoms with Crippen LogP contribution in [0.3, 0.4) is 0 Å². The van der Waals surface area contributed by atoms with E-state index in [1.165, 1.54) is 9.58 Å². The molecule has 22 heavy (non-hydrogen) atoms. The second-order valence-electron chi connectivity index (χ2n) is 5.46. The predicted octanol–water partition coefficient (Wildman–Crippen LogP) is 1.12. The Morgan fingerprint density at radius 1 is 1.27 bits per heavy atom. The molecule has 0 radical (unpaired) electrons. The molecule has 2 heterocycles. The Bertz CT molecular complexity index is 708. The van der Waals surface area contributed by atoms with Crippen molar-refractivity contribution < 1.29 is 14.7 Å². The van der Waals surface area contributed by atoms with Gasteiger partial charge in [0.15, 0.2) is 5.69 Å². The Labute approximate surface area is 127 Å². The van der Waals surface area contributed by atoms with Gasteiger partial charge in [0.2, 0.25) is 0 Å². The van der Waals surface area contributed by atoms with Crippen molar-refractivity contribution in [1.29, 1.82) is 0 Å². The van der Waals surface area contributed by atoms with Crippen LogP contribution in [0.5, 0.6) is 0 Å². The molecular weight excluding hydrogens is 284 g/mol. The number of nitrogens with zero attached hydrogens (tertiary/aromatic N) is 4. The van der Waals surface area contributed by atoms with Crippen LogP contribution in [0.15, 0.2) is 30.5 Å². The molecule has 0 spiro atoms. The zero-order valence-corrected chi connectivity index (χ0v) is 12.1. The van der Waals surface area contributed by atoms with Crippen LogP contribution in [0.2, 0.25) is 0 Å².